The molecule has 6 aromatic rings. The average molecular weight is 678 g/mol. The number of carbonyl (C=O) groups excluding carboxylic acids is 2. The van der Waals surface area contributed by atoms with Gasteiger partial charge in [-0.2, -0.15) is 0 Å². The molecule has 13 heteroatoms. The van der Waals surface area contributed by atoms with E-state index in [1.165, 1.54) is 0 Å². The molecule has 8 rings (SSSR count). The maximum Gasteiger partial charge on any atom is 0.224 e. The minimum absolute atomic E-state index is 0. The van der Waals surface area contributed by atoms with Gasteiger partial charge in [0.2, 0.25) is 11.8 Å². The zero-order chi connectivity index (χ0) is 30.2. The summed E-state index contributed by atoms with van der Waals surface area (Å²) in [6, 6.07) is 19.6. The van der Waals surface area contributed by atoms with Crippen LogP contribution < -0.4 is 20.1 Å². The van der Waals surface area contributed by atoms with Crippen molar-refractivity contribution in [3.8, 4) is 34.0 Å². The third kappa shape index (κ3) is 6.59. The number of aromatic nitrogens is 4. The van der Waals surface area contributed by atoms with Crippen molar-refractivity contribution in [3.63, 3.8) is 0 Å². The lowest BCUT2D eigenvalue weighted by Crippen LogP contribution is -2.20. The van der Waals surface area contributed by atoms with Crippen molar-refractivity contribution in [3.05, 3.63) is 96.6 Å². The van der Waals surface area contributed by atoms with Gasteiger partial charge < -0.3 is 34.4 Å². The van der Waals surface area contributed by atoms with Crippen LogP contribution in [-0.4, -0.2) is 50.3 Å². The van der Waals surface area contributed by atoms with Crippen LogP contribution in [0.4, 0.5) is 11.4 Å². The van der Waals surface area contributed by atoms with E-state index in [1.807, 2.05) is 94.3 Å². The van der Waals surface area contributed by atoms with Gasteiger partial charge in [0, 0.05) is 48.8 Å². The summed E-state index contributed by atoms with van der Waals surface area (Å²) in [7, 11) is 3.22. The molecule has 4 N–H and O–H groups in total. The highest BCUT2D eigenvalue weighted by Gasteiger charge is 2.24. The molecular formula is C34H34Cl2N6O5. The number of hydrogen-bond acceptors (Lipinski definition) is 6. The molecule has 2 aromatic carbocycles. The van der Waals surface area contributed by atoms with Gasteiger partial charge in [0.15, 0.2) is 0 Å². The molecule has 0 saturated heterocycles. The van der Waals surface area contributed by atoms with E-state index in [-0.39, 0.29) is 42.1 Å². The van der Waals surface area contributed by atoms with Crippen molar-refractivity contribution < 1.29 is 24.5 Å². The second-order valence-electron chi connectivity index (χ2n) is 10.6. The molecule has 0 spiro atoms. The Morgan fingerprint density at radius 3 is 1.43 bits per heavy atom. The van der Waals surface area contributed by atoms with E-state index < -0.39 is 0 Å². The number of methoxy groups -OCH3 is 2. The minimum atomic E-state index is 0. The standard InChI is InChI=1S/2C17H15N3O2.2ClH.H2O/c2*1-22-14-7-5-11(12-6-8-16(21)19-17(12)14)13-10-20-9-3-2-4-15(20)18-13;;;/h2*2-5,7,9-10H,6,8H2,1H3,(H,19,21);2*1H;1H2. The Kier molecular flexibility index (Phi) is 10.8. The summed E-state index contributed by atoms with van der Waals surface area (Å²) in [5.41, 5.74) is 9.41. The normalized spacial score (nSPS) is 12.9. The lowest BCUT2D eigenvalue weighted by Gasteiger charge is -2.21. The molecule has 0 bridgehead atoms. The summed E-state index contributed by atoms with van der Waals surface area (Å²) in [6.07, 6.45) is 10.3. The molecular weight excluding hydrogens is 643 g/mol. The van der Waals surface area contributed by atoms with Crippen molar-refractivity contribution in [2.45, 2.75) is 25.7 Å². The molecule has 0 radical (unpaired) electrons. The molecule has 0 unspecified atom stereocenters. The number of anilines is 2. The molecule has 47 heavy (non-hydrogen) atoms. The molecule has 0 fully saturated rings. The SMILES string of the molecule is COc1ccc(-c2cn3ccccc3n2)c2c1NC(=O)CC2.COc1ccc(-c2cn3ccccc3n2)c2c1NC(=O)CC2.Cl.Cl.O. The summed E-state index contributed by atoms with van der Waals surface area (Å²) in [5.74, 6) is 1.43. The Hall–Kier alpha value is -5.10. The molecule has 6 heterocycles. The highest BCUT2D eigenvalue weighted by molar-refractivity contribution is 5.98. The van der Waals surface area contributed by atoms with Crippen LogP contribution in [0.1, 0.15) is 24.0 Å². The number of amides is 2. The van der Waals surface area contributed by atoms with Crippen LogP contribution in [0, 0.1) is 0 Å². The maximum absolute atomic E-state index is 11.7. The number of ether oxygens (including phenoxy) is 2. The Balaban J connectivity index is 0.000000200. The summed E-state index contributed by atoms with van der Waals surface area (Å²) >= 11 is 0. The van der Waals surface area contributed by atoms with Gasteiger partial charge >= 0.3 is 0 Å². The summed E-state index contributed by atoms with van der Waals surface area (Å²) in [6.45, 7) is 0. The average Bonchev–Trinajstić information content (AvgIpc) is 3.68. The van der Waals surface area contributed by atoms with E-state index in [4.69, 9.17) is 9.47 Å². The molecule has 11 nitrogen and oxygen atoms in total. The van der Waals surface area contributed by atoms with Crippen LogP contribution in [0.15, 0.2) is 85.5 Å². The topological polar surface area (TPSA) is 143 Å². The van der Waals surface area contributed by atoms with Gasteiger partial charge in [-0.25, -0.2) is 9.97 Å². The fourth-order valence-electron chi connectivity index (χ4n) is 5.88. The van der Waals surface area contributed by atoms with Gasteiger partial charge in [0.25, 0.3) is 0 Å². The monoisotopic (exact) mass is 676 g/mol. The second-order valence-corrected chi connectivity index (χ2v) is 10.6. The van der Waals surface area contributed by atoms with E-state index >= 15 is 0 Å². The summed E-state index contributed by atoms with van der Waals surface area (Å²) in [4.78, 5) is 32.7. The second kappa shape index (κ2) is 14.5. The number of imidazole rings is 2. The summed E-state index contributed by atoms with van der Waals surface area (Å²) < 4.78 is 14.7. The number of hydrogen-bond donors (Lipinski definition) is 2. The lowest BCUT2D eigenvalue weighted by molar-refractivity contribution is -0.117. The van der Waals surface area contributed by atoms with Gasteiger partial charge in [-0.3, -0.25) is 9.59 Å². The maximum atomic E-state index is 11.7. The zero-order valence-electron chi connectivity index (χ0n) is 25.6. The predicted octanol–water partition coefficient (Wildman–Crippen LogP) is 5.81. The first kappa shape index (κ1) is 34.8. The van der Waals surface area contributed by atoms with E-state index in [0.29, 0.717) is 37.2 Å². The molecule has 4 aromatic heterocycles. The van der Waals surface area contributed by atoms with Gasteiger partial charge in [-0.1, -0.05) is 12.1 Å². The van der Waals surface area contributed by atoms with Crippen LogP contribution in [0.2, 0.25) is 0 Å². The minimum Gasteiger partial charge on any atom is -0.495 e. The number of halogens is 2. The number of carbonyl (C=O) groups is 2. The molecule has 2 aliphatic heterocycles. The Morgan fingerprint density at radius 2 is 1.04 bits per heavy atom. The van der Waals surface area contributed by atoms with Gasteiger partial charge in [-0.05, 0) is 72.5 Å². The highest BCUT2D eigenvalue weighted by Crippen LogP contribution is 2.40. The molecule has 0 aliphatic carbocycles. The van der Waals surface area contributed by atoms with Crippen LogP contribution in [0.25, 0.3) is 33.8 Å². The smallest absolute Gasteiger partial charge is 0.224 e. The van der Waals surface area contributed by atoms with Crippen molar-refractivity contribution in [2.24, 2.45) is 0 Å². The number of fused-ring (bicyclic) bond motifs is 4. The molecule has 2 amide bonds. The zero-order valence-corrected chi connectivity index (χ0v) is 27.3. The molecule has 2 aliphatic rings. The summed E-state index contributed by atoms with van der Waals surface area (Å²) in [5, 5.41) is 5.85. The van der Waals surface area contributed by atoms with Crippen LogP contribution in [-0.2, 0) is 22.4 Å². The fraction of sp³-hybridized carbons (Fsp3) is 0.176. The Bertz CT molecular complexity index is 1860. The fourth-order valence-corrected chi connectivity index (χ4v) is 5.88. The van der Waals surface area contributed by atoms with E-state index in [0.717, 1.165) is 56.3 Å². The van der Waals surface area contributed by atoms with Crippen LogP contribution in [0.3, 0.4) is 0 Å². The van der Waals surface area contributed by atoms with Crippen LogP contribution >= 0.6 is 24.8 Å². The number of benzene rings is 2. The third-order valence-corrected chi connectivity index (χ3v) is 8.00. The first-order chi connectivity index (χ1) is 21.5. The molecule has 0 saturated carbocycles. The Morgan fingerprint density at radius 1 is 0.617 bits per heavy atom. The lowest BCUT2D eigenvalue weighted by atomic mass is 9.95. The van der Waals surface area contributed by atoms with Crippen molar-refractivity contribution >= 4 is 59.3 Å². The van der Waals surface area contributed by atoms with Crippen LogP contribution in [0.5, 0.6) is 11.5 Å². The van der Waals surface area contributed by atoms with E-state index in [1.54, 1.807) is 14.2 Å². The van der Waals surface area contributed by atoms with Crippen molar-refractivity contribution in [1.82, 2.24) is 18.8 Å². The van der Waals surface area contributed by atoms with Crippen molar-refractivity contribution in [1.29, 1.82) is 0 Å². The first-order valence-electron chi connectivity index (χ1n) is 14.4. The number of rotatable bonds is 4. The largest absolute Gasteiger partial charge is 0.495 e. The van der Waals surface area contributed by atoms with E-state index in [2.05, 4.69) is 20.6 Å². The van der Waals surface area contributed by atoms with E-state index in [9.17, 15) is 9.59 Å². The highest BCUT2D eigenvalue weighted by atomic mass is 35.5. The number of nitrogens with one attached hydrogen (secondary N) is 2. The van der Waals surface area contributed by atoms with Gasteiger partial charge in [-0.15, -0.1) is 24.8 Å². The van der Waals surface area contributed by atoms with Gasteiger partial charge in [0.05, 0.1) is 37.0 Å². The number of nitrogens with zero attached hydrogens (tertiary/aromatic N) is 4. The Labute approximate surface area is 283 Å². The first-order valence-corrected chi connectivity index (χ1v) is 14.4. The van der Waals surface area contributed by atoms with Gasteiger partial charge in [0.1, 0.15) is 22.8 Å². The molecule has 244 valence electrons. The molecule has 0 atom stereocenters. The third-order valence-electron chi connectivity index (χ3n) is 8.00. The number of pyridine rings is 2. The quantitative estimate of drug-likeness (QED) is 0.241. The predicted molar refractivity (Wildman–Crippen MR) is 186 cm³/mol. The van der Waals surface area contributed by atoms with Crippen molar-refractivity contribution in [2.75, 3.05) is 24.9 Å².